The van der Waals surface area contributed by atoms with Gasteiger partial charge in [-0.2, -0.15) is 0 Å². The summed E-state index contributed by atoms with van der Waals surface area (Å²) in [6, 6.07) is 6.33. The van der Waals surface area contributed by atoms with Gasteiger partial charge in [0.25, 0.3) is 4.74 Å². The molecular weight excluding hydrogens is 264 g/mol. The van der Waals surface area contributed by atoms with Crippen LogP contribution in [0.1, 0.15) is 20.8 Å². The van der Waals surface area contributed by atoms with Crippen molar-refractivity contribution in [2.24, 2.45) is 0 Å². The summed E-state index contributed by atoms with van der Waals surface area (Å²) in [5, 5.41) is 2.58. The average Bonchev–Trinajstić information content (AvgIpc) is 2.59. The van der Waals surface area contributed by atoms with Gasteiger partial charge in [0.15, 0.2) is 0 Å². The Bertz CT molecular complexity index is 602. The second kappa shape index (κ2) is 4.04. The molecule has 0 N–H and O–H groups in total. The lowest BCUT2D eigenvalue weighted by Crippen LogP contribution is -2.50. The van der Waals surface area contributed by atoms with Gasteiger partial charge in [-0.15, -0.1) is 0 Å². The van der Waals surface area contributed by atoms with Gasteiger partial charge in [0.2, 0.25) is 0 Å². The van der Waals surface area contributed by atoms with Gasteiger partial charge in [0, 0.05) is 4.70 Å². The van der Waals surface area contributed by atoms with Crippen LogP contribution in [0.5, 0.6) is 0 Å². The van der Waals surface area contributed by atoms with Crippen LogP contribution in [-0.4, -0.2) is 8.07 Å². The van der Waals surface area contributed by atoms with E-state index in [1.54, 1.807) is 10.3 Å². The van der Waals surface area contributed by atoms with E-state index in [0.29, 0.717) is 0 Å². The molecule has 0 aliphatic rings. The standard InChI is InChI=1S/C13H18OS2Si/c1-13(2,3)17(4,5)10-8-6-7-9-11(10)12(14)16-15-9/h6-8H,1-5H3. The number of rotatable bonds is 1. The molecule has 1 nitrogen and oxygen atoms in total. The minimum atomic E-state index is -1.63. The molecule has 1 aromatic heterocycles. The Hall–Kier alpha value is -0.453. The van der Waals surface area contributed by atoms with Gasteiger partial charge in [-0.1, -0.05) is 56.3 Å². The van der Waals surface area contributed by atoms with Crippen LogP contribution in [0.4, 0.5) is 0 Å². The monoisotopic (exact) mass is 282 g/mol. The van der Waals surface area contributed by atoms with Crippen LogP contribution in [-0.2, 0) is 0 Å². The highest BCUT2D eigenvalue weighted by Crippen LogP contribution is 2.37. The molecule has 0 unspecified atom stereocenters. The summed E-state index contributed by atoms with van der Waals surface area (Å²) < 4.78 is 1.40. The Kier molecular flexibility index (Phi) is 3.08. The highest BCUT2D eigenvalue weighted by Gasteiger charge is 2.38. The molecule has 0 fully saturated rings. The maximum Gasteiger partial charge on any atom is 0.250 e. The molecule has 2 rings (SSSR count). The van der Waals surface area contributed by atoms with Crippen molar-refractivity contribution in [3.8, 4) is 0 Å². The number of fused-ring (bicyclic) bond motifs is 1. The Morgan fingerprint density at radius 2 is 1.76 bits per heavy atom. The summed E-state index contributed by atoms with van der Waals surface area (Å²) in [7, 11) is 1.35. The van der Waals surface area contributed by atoms with Crippen molar-refractivity contribution in [1.82, 2.24) is 0 Å². The lowest BCUT2D eigenvalue weighted by Gasteiger charge is -2.37. The first-order chi connectivity index (χ1) is 7.75. The molecule has 1 aromatic carbocycles. The van der Waals surface area contributed by atoms with Crippen LogP contribution >= 0.6 is 20.7 Å². The van der Waals surface area contributed by atoms with Crippen LogP contribution in [0.25, 0.3) is 10.1 Å². The molecule has 0 aliphatic carbocycles. The summed E-state index contributed by atoms with van der Waals surface area (Å²) in [5.41, 5.74) is 0. The Morgan fingerprint density at radius 3 is 2.35 bits per heavy atom. The van der Waals surface area contributed by atoms with Crippen molar-refractivity contribution >= 4 is 44.0 Å². The lowest BCUT2D eigenvalue weighted by molar-refractivity contribution is 0.730. The van der Waals surface area contributed by atoms with Crippen molar-refractivity contribution in [3.63, 3.8) is 0 Å². The fraction of sp³-hybridized carbons (Fsp3) is 0.462. The topological polar surface area (TPSA) is 17.1 Å². The fourth-order valence-corrected chi connectivity index (χ4v) is 6.35. The highest BCUT2D eigenvalue weighted by molar-refractivity contribution is 7.71. The summed E-state index contributed by atoms with van der Waals surface area (Å²) in [6.45, 7) is 11.6. The Labute approximate surface area is 111 Å². The molecule has 0 atom stereocenters. The van der Waals surface area contributed by atoms with Gasteiger partial charge >= 0.3 is 0 Å². The molecule has 2 aromatic rings. The lowest BCUT2D eigenvalue weighted by atomic mass is 10.2. The Morgan fingerprint density at radius 1 is 1.12 bits per heavy atom. The van der Waals surface area contributed by atoms with Crippen LogP contribution < -0.4 is 9.93 Å². The quantitative estimate of drug-likeness (QED) is 0.570. The second-order valence-corrected chi connectivity index (χ2v) is 13.4. The zero-order valence-corrected chi connectivity index (χ0v) is 13.6. The van der Waals surface area contributed by atoms with Crippen molar-refractivity contribution in [1.29, 1.82) is 0 Å². The minimum Gasteiger partial charge on any atom is -0.276 e. The molecule has 1 heterocycles. The maximum absolute atomic E-state index is 12.0. The third-order valence-electron chi connectivity index (χ3n) is 3.99. The van der Waals surface area contributed by atoms with E-state index in [9.17, 15) is 4.79 Å². The highest BCUT2D eigenvalue weighted by atomic mass is 32.9. The van der Waals surface area contributed by atoms with E-state index >= 15 is 0 Å². The minimum absolute atomic E-state index is 0.241. The van der Waals surface area contributed by atoms with E-state index < -0.39 is 8.07 Å². The SMILES string of the molecule is CC(C)(C)[Si](C)(C)c1cccc2ssc(=O)c12. The smallest absolute Gasteiger partial charge is 0.250 e. The average molecular weight is 283 g/mol. The largest absolute Gasteiger partial charge is 0.276 e. The first kappa shape index (κ1) is 13.0. The summed E-state index contributed by atoms with van der Waals surface area (Å²) in [5.74, 6) is 0. The van der Waals surface area contributed by atoms with Crippen molar-refractivity contribution in [2.75, 3.05) is 0 Å². The molecule has 0 aliphatic heterocycles. The Balaban J connectivity index is 2.80. The summed E-state index contributed by atoms with van der Waals surface area (Å²) >= 11 is 0. The number of hydrogen-bond acceptors (Lipinski definition) is 3. The molecule has 4 heteroatoms. The van der Waals surface area contributed by atoms with Crippen LogP contribution in [0.2, 0.25) is 18.1 Å². The molecule has 92 valence electrons. The van der Waals surface area contributed by atoms with E-state index in [4.69, 9.17) is 0 Å². The van der Waals surface area contributed by atoms with E-state index in [-0.39, 0.29) is 9.78 Å². The van der Waals surface area contributed by atoms with E-state index in [1.807, 2.05) is 0 Å². The van der Waals surface area contributed by atoms with Crippen LogP contribution in [0.3, 0.4) is 0 Å². The second-order valence-electron chi connectivity index (χ2n) is 6.01. The predicted octanol–water partition coefficient (Wildman–Crippen LogP) is 4.04. The summed E-state index contributed by atoms with van der Waals surface area (Å²) in [6.07, 6.45) is 0. The molecular formula is C13H18OS2Si. The van der Waals surface area contributed by atoms with Gasteiger partial charge in [-0.25, -0.2) is 0 Å². The molecule has 17 heavy (non-hydrogen) atoms. The normalized spacial score (nSPS) is 13.2. The van der Waals surface area contributed by atoms with E-state index in [0.717, 1.165) is 10.1 Å². The van der Waals surface area contributed by atoms with Gasteiger partial charge in [0.05, 0.1) is 13.5 Å². The molecule has 0 bridgehead atoms. The third kappa shape index (κ3) is 2.02. The van der Waals surface area contributed by atoms with Crippen LogP contribution in [0, 0.1) is 0 Å². The molecule has 0 spiro atoms. The first-order valence-electron chi connectivity index (χ1n) is 5.77. The summed E-state index contributed by atoms with van der Waals surface area (Å²) in [4.78, 5) is 12.0. The van der Waals surface area contributed by atoms with Gasteiger partial charge in [-0.05, 0) is 26.6 Å². The van der Waals surface area contributed by atoms with E-state index in [1.165, 1.54) is 15.5 Å². The number of benzene rings is 1. The molecule has 0 saturated carbocycles. The van der Waals surface area contributed by atoms with Gasteiger partial charge < -0.3 is 0 Å². The molecule has 0 amide bonds. The molecule has 0 radical (unpaired) electrons. The van der Waals surface area contributed by atoms with Crippen molar-refractivity contribution in [3.05, 3.63) is 27.7 Å². The van der Waals surface area contributed by atoms with Gasteiger partial charge in [-0.3, -0.25) is 4.79 Å². The van der Waals surface area contributed by atoms with Crippen LogP contribution in [0.15, 0.2) is 23.0 Å². The third-order valence-corrected chi connectivity index (χ3v) is 11.7. The van der Waals surface area contributed by atoms with Gasteiger partial charge in [0.1, 0.15) is 0 Å². The fourth-order valence-electron chi connectivity index (χ4n) is 1.86. The predicted molar refractivity (Wildman–Crippen MR) is 82.8 cm³/mol. The zero-order valence-electron chi connectivity index (χ0n) is 11.0. The number of hydrogen-bond donors (Lipinski definition) is 0. The maximum atomic E-state index is 12.0. The van der Waals surface area contributed by atoms with Crippen molar-refractivity contribution in [2.45, 2.75) is 38.9 Å². The first-order valence-corrected chi connectivity index (χ1v) is 10.9. The van der Waals surface area contributed by atoms with Crippen molar-refractivity contribution < 1.29 is 0 Å². The molecule has 0 saturated heterocycles. The zero-order chi connectivity index (χ0) is 12.8. The van der Waals surface area contributed by atoms with E-state index in [2.05, 4.69) is 52.1 Å².